The molecule has 0 saturated heterocycles. The highest BCUT2D eigenvalue weighted by Gasteiger charge is 2.30. The first-order valence-electron chi connectivity index (χ1n) is 14.6. The number of fused-ring (bicyclic) bond motifs is 3. The number of carbonyl (C=O) groups excluding carboxylic acids is 1. The Morgan fingerprint density at radius 1 is 1.20 bits per heavy atom. The number of hydrogen-bond acceptors (Lipinski definition) is 7. The van der Waals surface area contributed by atoms with E-state index in [0.29, 0.717) is 40.4 Å². The molecular weight excluding hydrogens is 610 g/mol. The van der Waals surface area contributed by atoms with Gasteiger partial charge in [-0.1, -0.05) is 19.2 Å². The maximum absolute atomic E-state index is 16.0. The lowest BCUT2D eigenvalue weighted by molar-refractivity contribution is -0.129. The maximum Gasteiger partial charge on any atom is 0.246 e. The standard InChI is InChI=1S/C34H32F2N6O3S/c1-6-29(43)41-19-24-16-28(39-42(24)17-20(41)2)33-31(30(26(36)9-11-35)21(3)45-13-12-44-5)34-25(10-14-46-34)32(37-33)22-7-8-27-23(15-22)18-40(4)38-27/h6-11,14-16,18,20H,1,3,12-13,17,19H2,2,4-5H3/b11-9+,30-26-/t20-/m1/s1. The van der Waals surface area contributed by atoms with Crippen molar-refractivity contribution in [3.05, 3.63) is 96.4 Å². The molecule has 0 unspecified atom stereocenters. The van der Waals surface area contributed by atoms with Crippen LogP contribution in [0.15, 0.2) is 85.1 Å². The van der Waals surface area contributed by atoms with E-state index in [-0.39, 0.29) is 42.8 Å². The van der Waals surface area contributed by atoms with Crippen molar-refractivity contribution >= 4 is 43.8 Å². The lowest BCUT2D eigenvalue weighted by Crippen LogP contribution is -2.44. The molecule has 0 N–H and O–H groups in total. The van der Waals surface area contributed by atoms with Crippen molar-refractivity contribution in [2.75, 3.05) is 20.3 Å². The molecule has 0 radical (unpaired) electrons. The van der Waals surface area contributed by atoms with Gasteiger partial charge in [0.2, 0.25) is 5.91 Å². The van der Waals surface area contributed by atoms with E-state index in [2.05, 4.69) is 18.3 Å². The molecule has 4 aromatic heterocycles. The predicted octanol–water partition coefficient (Wildman–Crippen LogP) is 6.97. The van der Waals surface area contributed by atoms with Gasteiger partial charge in [-0.25, -0.2) is 13.8 Å². The zero-order valence-electron chi connectivity index (χ0n) is 25.7. The van der Waals surface area contributed by atoms with Crippen LogP contribution in [0.3, 0.4) is 0 Å². The largest absolute Gasteiger partial charge is 0.491 e. The van der Waals surface area contributed by atoms with Crippen molar-refractivity contribution in [1.29, 1.82) is 0 Å². The van der Waals surface area contributed by atoms with E-state index in [1.165, 1.54) is 24.5 Å². The number of allylic oxidation sites excluding steroid dienone is 3. The number of hydrogen-bond donors (Lipinski definition) is 0. The number of rotatable bonds is 10. The number of nitrogens with zero attached hydrogens (tertiary/aromatic N) is 6. The second-order valence-electron chi connectivity index (χ2n) is 10.9. The van der Waals surface area contributed by atoms with Crippen molar-refractivity contribution in [2.24, 2.45) is 7.05 Å². The minimum Gasteiger partial charge on any atom is -0.491 e. The zero-order valence-corrected chi connectivity index (χ0v) is 26.5. The van der Waals surface area contributed by atoms with Gasteiger partial charge in [0.25, 0.3) is 0 Å². The third kappa shape index (κ3) is 5.65. The average Bonchev–Trinajstić information content (AvgIpc) is 3.78. The molecule has 12 heteroatoms. The normalized spacial score (nSPS) is 15.4. The van der Waals surface area contributed by atoms with E-state index < -0.39 is 5.83 Å². The third-order valence-corrected chi connectivity index (χ3v) is 8.84. The summed E-state index contributed by atoms with van der Waals surface area (Å²) in [5, 5.41) is 13.0. The molecule has 0 aliphatic carbocycles. The van der Waals surface area contributed by atoms with Crippen LogP contribution in [0.5, 0.6) is 0 Å². The van der Waals surface area contributed by atoms with Gasteiger partial charge >= 0.3 is 0 Å². The Hall–Kier alpha value is -4.94. The molecule has 6 rings (SSSR count). The van der Waals surface area contributed by atoms with Crippen LogP contribution < -0.4 is 0 Å². The molecule has 236 valence electrons. The van der Waals surface area contributed by atoms with Gasteiger partial charge in [-0.2, -0.15) is 10.2 Å². The molecule has 0 bridgehead atoms. The van der Waals surface area contributed by atoms with Gasteiger partial charge in [-0.3, -0.25) is 14.2 Å². The predicted molar refractivity (Wildman–Crippen MR) is 176 cm³/mol. The van der Waals surface area contributed by atoms with Crippen molar-refractivity contribution in [1.82, 2.24) is 29.4 Å². The molecule has 1 aromatic carbocycles. The number of thiophene rings is 1. The average molecular weight is 643 g/mol. The number of carbonyl (C=O) groups is 1. The van der Waals surface area contributed by atoms with E-state index in [4.69, 9.17) is 19.6 Å². The van der Waals surface area contributed by atoms with Gasteiger partial charge in [0.15, 0.2) is 0 Å². The van der Waals surface area contributed by atoms with E-state index in [9.17, 15) is 9.18 Å². The highest BCUT2D eigenvalue weighted by molar-refractivity contribution is 7.17. The van der Waals surface area contributed by atoms with Crippen LogP contribution in [0.2, 0.25) is 0 Å². The molecule has 46 heavy (non-hydrogen) atoms. The van der Waals surface area contributed by atoms with Gasteiger partial charge < -0.3 is 14.4 Å². The van der Waals surface area contributed by atoms with Crippen LogP contribution in [-0.2, 0) is 34.4 Å². The number of pyridine rings is 1. The lowest BCUT2D eigenvalue weighted by atomic mass is 9.95. The van der Waals surface area contributed by atoms with Crippen molar-refractivity contribution in [3.8, 4) is 22.6 Å². The fourth-order valence-corrected chi connectivity index (χ4v) is 6.71. The van der Waals surface area contributed by atoms with Crippen molar-refractivity contribution < 1.29 is 23.0 Å². The van der Waals surface area contributed by atoms with Crippen LogP contribution in [0.4, 0.5) is 8.78 Å². The van der Waals surface area contributed by atoms with Gasteiger partial charge in [-0.15, -0.1) is 11.3 Å². The molecule has 5 heterocycles. The highest BCUT2D eigenvalue weighted by atomic mass is 32.1. The summed E-state index contributed by atoms with van der Waals surface area (Å²) in [6.45, 7) is 10.7. The van der Waals surface area contributed by atoms with Crippen LogP contribution in [0, 0.1) is 0 Å². The molecule has 1 amide bonds. The minimum absolute atomic E-state index is 0.00437. The third-order valence-electron chi connectivity index (χ3n) is 7.91. The van der Waals surface area contributed by atoms with Gasteiger partial charge in [-0.05, 0) is 42.6 Å². The zero-order chi connectivity index (χ0) is 32.5. The van der Waals surface area contributed by atoms with Crippen LogP contribution >= 0.6 is 11.3 Å². The fourth-order valence-electron chi connectivity index (χ4n) is 5.76. The molecule has 9 nitrogen and oxygen atoms in total. The summed E-state index contributed by atoms with van der Waals surface area (Å²) in [7, 11) is 3.39. The van der Waals surface area contributed by atoms with E-state index in [1.54, 1.807) is 9.58 Å². The molecule has 1 atom stereocenters. The van der Waals surface area contributed by atoms with Crippen LogP contribution in [0.1, 0.15) is 18.2 Å². The summed E-state index contributed by atoms with van der Waals surface area (Å²) >= 11 is 1.40. The molecule has 1 aliphatic rings. The van der Waals surface area contributed by atoms with Gasteiger partial charge in [0.1, 0.15) is 29.6 Å². The molecule has 0 fully saturated rings. The molecule has 5 aromatic rings. The number of halogens is 2. The Balaban J connectivity index is 1.62. The number of ether oxygens (including phenoxy) is 2. The smallest absolute Gasteiger partial charge is 0.246 e. The summed E-state index contributed by atoms with van der Waals surface area (Å²) in [5.74, 6) is -1.06. The topological polar surface area (TPSA) is 87.3 Å². The summed E-state index contributed by atoms with van der Waals surface area (Å²) in [5.41, 5.74) is 4.27. The van der Waals surface area contributed by atoms with Gasteiger partial charge in [0.05, 0.1) is 48.5 Å². The summed E-state index contributed by atoms with van der Waals surface area (Å²) in [4.78, 5) is 19.5. The molecule has 1 aliphatic heterocycles. The minimum atomic E-state index is -0.882. The molecule has 0 saturated carbocycles. The second-order valence-corrected chi connectivity index (χ2v) is 11.8. The Kier molecular flexibility index (Phi) is 8.65. The summed E-state index contributed by atoms with van der Waals surface area (Å²) in [6, 6.07) is 9.55. The first-order valence-corrected chi connectivity index (χ1v) is 15.4. The fraction of sp³-hybridized carbons (Fsp3) is 0.235. The van der Waals surface area contributed by atoms with Crippen molar-refractivity contribution in [2.45, 2.75) is 26.1 Å². The number of aromatic nitrogens is 5. The number of aryl methyl sites for hydroxylation is 1. The summed E-state index contributed by atoms with van der Waals surface area (Å²) in [6.07, 6.45) is 4.09. The Morgan fingerprint density at radius 3 is 2.78 bits per heavy atom. The summed E-state index contributed by atoms with van der Waals surface area (Å²) < 4.78 is 44.7. The first kappa shape index (κ1) is 31.1. The number of amides is 1. The van der Waals surface area contributed by atoms with Crippen LogP contribution in [0.25, 0.3) is 49.2 Å². The monoisotopic (exact) mass is 642 g/mol. The molecule has 0 spiro atoms. The Labute approximate surface area is 268 Å². The lowest BCUT2D eigenvalue weighted by Gasteiger charge is -2.33. The Morgan fingerprint density at radius 2 is 2.02 bits per heavy atom. The first-order chi connectivity index (χ1) is 22.2. The number of methoxy groups -OCH3 is 1. The SMILES string of the molecule is C=CC(=O)N1Cc2cc(-c3nc(-c4ccc5nn(C)cc5c4)c4ccsc4c3/C(C(=C)OCCOC)=C(F)/C=C/F)nn2C[C@H]1C. The Bertz CT molecular complexity index is 2060. The van der Waals surface area contributed by atoms with Gasteiger partial charge in [0, 0.05) is 59.1 Å². The molecular formula is C34H32F2N6O3S. The van der Waals surface area contributed by atoms with E-state index in [0.717, 1.165) is 33.6 Å². The van der Waals surface area contributed by atoms with E-state index >= 15 is 4.39 Å². The highest BCUT2D eigenvalue weighted by Crippen LogP contribution is 2.44. The second kappa shape index (κ2) is 12.8. The maximum atomic E-state index is 16.0. The quantitative estimate of drug-likeness (QED) is 0.0708. The van der Waals surface area contributed by atoms with Crippen LogP contribution in [-0.4, -0.2) is 61.7 Å². The van der Waals surface area contributed by atoms with Crippen molar-refractivity contribution in [3.63, 3.8) is 0 Å². The van der Waals surface area contributed by atoms with E-state index in [1.807, 2.05) is 60.6 Å². The number of benzene rings is 1.